The Hall–Kier alpha value is -4.66. The minimum absolute atomic E-state index is 0.216. The normalized spacial score (nSPS) is 10.8. The van der Waals surface area contributed by atoms with Crippen molar-refractivity contribution in [2.45, 2.75) is 20.3 Å². The predicted molar refractivity (Wildman–Crippen MR) is 136 cm³/mol. The Morgan fingerprint density at radius 2 is 1.53 bits per heavy atom. The first-order valence-corrected chi connectivity index (χ1v) is 11.1. The number of carbonyl (C=O) groups is 3. The molecule has 0 aliphatic carbocycles. The Morgan fingerprint density at radius 3 is 2.19 bits per heavy atom. The number of carbonyl (C=O) groups excluding carboxylic acids is 3. The average Bonchev–Trinajstić information content (AvgIpc) is 2.91. The zero-order valence-electron chi connectivity index (χ0n) is 20.5. The van der Waals surface area contributed by atoms with Crippen LogP contribution in [-0.2, 0) is 16.0 Å². The van der Waals surface area contributed by atoms with Crippen molar-refractivity contribution in [2.75, 3.05) is 19.5 Å². The maximum Gasteiger partial charge on any atom is 0.343 e. The van der Waals surface area contributed by atoms with Gasteiger partial charge in [-0.3, -0.25) is 9.59 Å². The van der Waals surface area contributed by atoms with Crippen LogP contribution in [0, 0.1) is 0 Å². The van der Waals surface area contributed by atoms with E-state index in [1.165, 1.54) is 14.2 Å². The Labute approximate surface area is 209 Å². The number of rotatable bonds is 8. The maximum atomic E-state index is 12.5. The zero-order chi connectivity index (χ0) is 26.1. The number of ether oxygens (including phenoxy) is 3. The molecule has 3 aromatic carbocycles. The predicted octanol–water partition coefficient (Wildman–Crippen LogP) is 3.96. The Bertz CT molecular complexity index is 1280. The van der Waals surface area contributed by atoms with Crippen LogP contribution in [-0.4, -0.2) is 37.7 Å². The van der Waals surface area contributed by atoms with Crippen LogP contribution in [0.5, 0.6) is 17.2 Å². The molecule has 36 heavy (non-hydrogen) atoms. The molecule has 9 heteroatoms. The minimum Gasteiger partial charge on any atom is -0.497 e. The highest BCUT2D eigenvalue weighted by molar-refractivity contribution is 6.39. The molecule has 0 aliphatic heterocycles. The van der Waals surface area contributed by atoms with Crippen LogP contribution >= 0.6 is 0 Å². The number of para-hydroxylation sites is 1. The van der Waals surface area contributed by atoms with Crippen molar-refractivity contribution < 1.29 is 28.6 Å². The molecule has 0 radical (unpaired) electrons. The van der Waals surface area contributed by atoms with E-state index in [2.05, 4.69) is 15.8 Å². The van der Waals surface area contributed by atoms with Gasteiger partial charge in [-0.15, -0.1) is 0 Å². The number of methoxy groups -OCH3 is 2. The lowest BCUT2D eigenvalue weighted by atomic mass is 10.1. The van der Waals surface area contributed by atoms with Gasteiger partial charge in [-0.05, 0) is 67.4 Å². The summed E-state index contributed by atoms with van der Waals surface area (Å²) in [5.41, 5.74) is 5.10. The molecule has 0 saturated heterocycles. The second kappa shape index (κ2) is 12.2. The number of hydrazone groups is 1. The summed E-state index contributed by atoms with van der Waals surface area (Å²) < 4.78 is 15.9. The maximum absolute atomic E-state index is 12.5. The van der Waals surface area contributed by atoms with Crippen LogP contribution in [0.1, 0.15) is 35.3 Å². The lowest BCUT2D eigenvalue weighted by Crippen LogP contribution is -2.33. The average molecular weight is 490 g/mol. The van der Waals surface area contributed by atoms with Crippen molar-refractivity contribution >= 4 is 29.2 Å². The fourth-order valence-corrected chi connectivity index (χ4v) is 3.24. The SMILES string of the molecule is CCc1ccccc1NC(=O)C(=O)N/N=C(\C)c1ccc(OC(=O)c2ccc(OC)cc2)c(OC)c1. The standard InChI is InChI=1S/C27H27N3O6/c1-5-18-8-6-7-9-22(18)28-25(31)26(32)30-29-17(2)20-12-15-23(24(16-20)35-4)36-27(33)19-10-13-21(34-3)14-11-19/h6-16H,5H2,1-4H3,(H,28,31)(H,30,32)/b29-17+. The summed E-state index contributed by atoms with van der Waals surface area (Å²) in [7, 11) is 2.98. The summed E-state index contributed by atoms with van der Waals surface area (Å²) in [6, 6.07) is 18.6. The second-order valence-electron chi connectivity index (χ2n) is 7.59. The quantitative estimate of drug-likeness (QED) is 0.163. The number of hydrogen-bond acceptors (Lipinski definition) is 7. The molecule has 0 bridgehead atoms. The van der Waals surface area contributed by atoms with Crippen molar-refractivity contribution in [2.24, 2.45) is 5.10 Å². The minimum atomic E-state index is -0.905. The van der Waals surface area contributed by atoms with Gasteiger partial charge in [0.1, 0.15) is 5.75 Å². The van der Waals surface area contributed by atoms with Crippen LogP contribution < -0.4 is 25.0 Å². The molecule has 0 aromatic heterocycles. The summed E-state index contributed by atoms with van der Waals surface area (Å²) in [4.78, 5) is 37.0. The van der Waals surface area contributed by atoms with E-state index >= 15 is 0 Å². The molecule has 3 rings (SSSR count). The van der Waals surface area contributed by atoms with E-state index in [1.54, 1.807) is 61.5 Å². The summed E-state index contributed by atoms with van der Waals surface area (Å²) in [5, 5.41) is 6.60. The van der Waals surface area contributed by atoms with Crippen molar-refractivity contribution in [3.63, 3.8) is 0 Å². The van der Waals surface area contributed by atoms with Gasteiger partial charge in [0.25, 0.3) is 0 Å². The molecule has 0 unspecified atom stereocenters. The molecule has 0 aliphatic rings. The van der Waals surface area contributed by atoms with Crippen LogP contribution in [0.25, 0.3) is 0 Å². The van der Waals surface area contributed by atoms with E-state index in [1.807, 2.05) is 19.1 Å². The van der Waals surface area contributed by atoms with Gasteiger partial charge >= 0.3 is 17.8 Å². The molecule has 0 saturated carbocycles. The fraction of sp³-hybridized carbons (Fsp3) is 0.185. The van der Waals surface area contributed by atoms with Gasteiger partial charge in [-0.1, -0.05) is 25.1 Å². The molecule has 186 valence electrons. The summed E-state index contributed by atoms with van der Waals surface area (Å²) >= 11 is 0. The molecule has 0 heterocycles. The van der Waals surface area contributed by atoms with Crippen LogP contribution in [0.3, 0.4) is 0 Å². The highest BCUT2D eigenvalue weighted by atomic mass is 16.6. The van der Waals surface area contributed by atoms with Gasteiger partial charge in [0.05, 0.1) is 25.5 Å². The topological polar surface area (TPSA) is 115 Å². The van der Waals surface area contributed by atoms with Gasteiger partial charge in [0, 0.05) is 11.3 Å². The van der Waals surface area contributed by atoms with Crippen LogP contribution in [0.4, 0.5) is 5.69 Å². The molecular weight excluding hydrogens is 462 g/mol. The molecule has 0 fully saturated rings. The van der Waals surface area contributed by atoms with E-state index in [0.717, 1.165) is 5.56 Å². The van der Waals surface area contributed by atoms with Crippen molar-refractivity contribution in [3.8, 4) is 17.2 Å². The third kappa shape index (κ3) is 6.47. The molecule has 0 spiro atoms. The van der Waals surface area contributed by atoms with Gasteiger partial charge < -0.3 is 19.5 Å². The number of nitrogens with one attached hydrogen (secondary N) is 2. The number of amides is 2. The van der Waals surface area contributed by atoms with Crippen molar-refractivity contribution in [1.29, 1.82) is 0 Å². The first kappa shape index (κ1) is 26.0. The molecular formula is C27H27N3O6. The highest BCUT2D eigenvalue weighted by Crippen LogP contribution is 2.29. The third-order valence-electron chi connectivity index (χ3n) is 5.29. The van der Waals surface area contributed by atoms with E-state index in [0.29, 0.717) is 40.4 Å². The summed E-state index contributed by atoms with van der Waals surface area (Å²) in [5.74, 6) is -1.16. The Morgan fingerprint density at radius 1 is 0.833 bits per heavy atom. The van der Waals surface area contributed by atoms with E-state index < -0.39 is 17.8 Å². The van der Waals surface area contributed by atoms with Crippen molar-refractivity contribution in [1.82, 2.24) is 5.43 Å². The zero-order valence-corrected chi connectivity index (χ0v) is 20.5. The molecule has 9 nitrogen and oxygen atoms in total. The third-order valence-corrected chi connectivity index (χ3v) is 5.29. The lowest BCUT2D eigenvalue weighted by molar-refractivity contribution is -0.136. The monoisotopic (exact) mass is 489 g/mol. The Kier molecular flexibility index (Phi) is 8.77. The van der Waals surface area contributed by atoms with E-state index in [4.69, 9.17) is 14.2 Å². The number of aryl methyl sites for hydroxylation is 1. The van der Waals surface area contributed by atoms with Gasteiger partial charge in [-0.2, -0.15) is 5.10 Å². The van der Waals surface area contributed by atoms with Crippen LogP contribution in [0.15, 0.2) is 71.8 Å². The number of anilines is 1. The number of hydrogen-bond donors (Lipinski definition) is 2. The smallest absolute Gasteiger partial charge is 0.343 e. The molecule has 2 N–H and O–H groups in total. The number of benzene rings is 3. The van der Waals surface area contributed by atoms with E-state index in [9.17, 15) is 14.4 Å². The molecule has 0 atom stereocenters. The molecule has 3 aromatic rings. The van der Waals surface area contributed by atoms with Gasteiger partial charge in [0.15, 0.2) is 11.5 Å². The highest BCUT2D eigenvalue weighted by Gasteiger charge is 2.16. The lowest BCUT2D eigenvalue weighted by Gasteiger charge is -2.11. The number of esters is 1. The van der Waals surface area contributed by atoms with Crippen LogP contribution in [0.2, 0.25) is 0 Å². The largest absolute Gasteiger partial charge is 0.497 e. The Balaban J connectivity index is 1.66. The summed E-state index contributed by atoms with van der Waals surface area (Å²) in [6.07, 6.45) is 0.711. The van der Waals surface area contributed by atoms with E-state index in [-0.39, 0.29) is 5.75 Å². The number of nitrogens with zero attached hydrogens (tertiary/aromatic N) is 1. The first-order valence-electron chi connectivity index (χ1n) is 11.1. The van der Waals surface area contributed by atoms with Gasteiger partial charge in [-0.25, -0.2) is 10.2 Å². The molecule has 2 amide bonds. The van der Waals surface area contributed by atoms with Gasteiger partial charge in [0.2, 0.25) is 0 Å². The first-order chi connectivity index (χ1) is 17.4. The van der Waals surface area contributed by atoms with Crippen molar-refractivity contribution in [3.05, 3.63) is 83.4 Å². The fourth-order valence-electron chi connectivity index (χ4n) is 3.24. The summed E-state index contributed by atoms with van der Waals surface area (Å²) in [6.45, 7) is 3.61. The second-order valence-corrected chi connectivity index (χ2v) is 7.59.